The lowest BCUT2D eigenvalue weighted by Crippen LogP contribution is -2.42. The fraction of sp³-hybridized carbons (Fsp3) is 0.750. The Morgan fingerprint density at radius 1 is 1.50 bits per heavy atom. The van der Waals surface area contributed by atoms with Crippen molar-refractivity contribution < 1.29 is 0 Å². The molecule has 2 heterocycles. The second kappa shape index (κ2) is 2.07. The lowest BCUT2D eigenvalue weighted by atomic mass is 9.93. The first kappa shape index (κ1) is 6.38. The van der Waals surface area contributed by atoms with Crippen LogP contribution < -0.4 is 10.6 Å². The van der Waals surface area contributed by atoms with Crippen LogP contribution in [0.2, 0.25) is 0 Å². The second-order valence-electron chi connectivity index (χ2n) is 3.32. The molecular weight excluding hydrogens is 124 g/mol. The topological polar surface area (TPSA) is 24.1 Å². The second-order valence-corrected chi connectivity index (χ2v) is 3.32. The summed E-state index contributed by atoms with van der Waals surface area (Å²) < 4.78 is 0. The van der Waals surface area contributed by atoms with Gasteiger partial charge in [-0.1, -0.05) is 6.58 Å². The largest absolute Gasteiger partial charge is 0.311 e. The van der Waals surface area contributed by atoms with Crippen LogP contribution in [-0.4, -0.2) is 25.2 Å². The van der Waals surface area contributed by atoms with Crippen molar-refractivity contribution in [2.24, 2.45) is 0 Å². The van der Waals surface area contributed by atoms with Gasteiger partial charge in [-0.05, 0) is 25.0 Å². The standard InChI is InChI=1S/C8H14N2/c1-7-5-9-6-8(7)3-2-4-10-8/h9-10H,1-6H2. The van der Waals surface area contributed by atoms with Crippen molar-refractivity contribution in [3.05, 3.63) is 12.2 Å². The summed E-state index contributed by atoms with van der Waals surface area (Å²) in [5.41, 5.74) is 1.64. The van der Waals surface area contributed by atoms with Crippen LogP contribution >= 0.6 is 0 Å². The molecule has 2 aliphatic heterocycles. The lowest BCUT2D eigenvalue weighted by molar-refractivity contribution is 0.479. The van der Waals surface area contributed by atoms with E-state index >= 15 is 0 Å². The molecule has 1 spiro atoms. The Balaban J connectivity index is 2.19. The van der Waals surface area contributed by atoms with Gasteiger partial charge in [0.05, 0.1) is 5.54 Å². The number of rotatable bonds is 0. The van der Waals surface area contributed by atoms with Gasteiger partial charge < -0.3 is 10.6 Å². The van der Waals surface area contributed by atoms with Crippen LogP contribution in [0.25, 0.3) is 0 Å². The summed E-state index contributed by atoms with van der Waals surface area (Å²) >= 11 is 0. The minimum absolute atomic E-state index is 0.292. The highest BCUT2D eigenvalue weighted by Crippen LogP contribution is 2.28. The van der Waals surface area contributed by atoms with Gasteiger partial charge in [0.2, 0.25) is 0 Å². The van der Waals surface area contributed by atoms with Gasteiger partial charge in [-0.25, -0.2) is 0 Å². The third kappa shape index (κ3) is 0.724. The summed E-state index contributed by atoms with van der Waals surface area (Å²) in [4.78, 5) is 0. The molecule has 2 nitrogen and oxygen atoms in total. The molecule has 0 saturated carbocycles. The summed E-state index contributed by atoms with van der Waals surface area (Å²) in [5, 5.41) is 6.86. The third-order valence-electron chi connectivity index (χ3n) is 2.69. The average molecular weight is 138 g/mol. The van der Waals surface area contributed by atoms with Gasteiger partial charge in [-0.3, -0.25) is 0 Å². The number of hydrogen-bond donors (Lipinski definition) is 2. The fourth-order valence-corrected chi connectivity index (χ4v) is 1.98. The van der Waals surface area contributed by atoms with Crippen LogP contribution in [0.5, 0.6) is 0 Å². The van der Waals surface area contributed by atoms with Gasteiger partial charge in [0.25, 0.3) is 0 Å². The Labute approximate surface area is 61.7 Å². The van der Waals surface area contributed by atoms with Crippen LogP contribution in [-0.2, 0) is 0 Å². The van der Waals surface area contributed by atoms with Gasteiger partial charge >= 0.3 is 0 Å². The van der Waals surface area contributed by atoms with Crippen molar-refractivity contribution in [3.8, 4) is 0 Å². The maximum absolute atomic E-state index is 4.06. The van der Waals surface area contributed by atoms with Crippen molar-refractivity contribution >= 4 is 0 Å². The number of nitrogens with one attached hydrogen (secondary N) is 2. The van der Waals surface area contributed by atoms with Crippen LogP contribution in [0, 0.1) is 0 Å². The molecule has 2 rings (SSSR count). The predicted molar refractivity (Wildman–Crippen MR) is 42.0 cm³/mol. The highest BCUT2D eigenvalue weighted by atomic mass is 15.1. The van der Waals surface area contributed by atoms with Crippen LogP contribution in [0.3, 0.4) is 0 Å². The fourth-order valence-electron chi connectivity index (χ4n) is 1.98. The predicted octanol–water partition coefficient (Wildman–Crippen LogP) is 0.268. The molecule has 2 heteroatoms. The lowest BCUT2D eigenvalue weighted by Gasteiger charge is -2.23. The van der Waals surface area contributed by atoms with Crippen molar-refractivity contribution in [3.63, 3.8) is 0 Å². The molecule has 2 N–H and O–H groups in total. The molecule has 0 amide bonds. The molecule has 2 saturated heterocycles. The molecular formula is C8H14N2. The zero-order chi connectivity index (χ0) is 7.03. The first-order chi connectivity index (χ1) is 4.83. The first-order valence-corrected chi connectivity index (χ1v) is 3.97. The summed E-state index contributed by atoms with van der Waals surface area (Å²) in [6, 6.07) is 0. The van der Waals surface area contributed by atoms with E-state index in [1.807, 2.05) is 0 Å². The highest BCUT2D eigenvalue weighted by molar-refractivity contribution is 5.25. The van der Waals surface area contributed by atoms with Gasteiger partial charge in [0, 0.05) is 13.1 Å². The van der Waals surface area contributed by atoms with Crippen molar-refractivity contribution in [1.82, 2.24) is 10.6 Å². The average Bonchev–Trinajstić information content (AvgIpc) is 2.48. The molecule has 0 radical (unpaired) electrons. The Morgan fingerprint density at radius 3 is 2.90 bits per heavy atom. The first-order valence-electron chi connectivity index (χ1n) is 3.97. The van der Waals surface area contributed by atoms with Crippen LogP contribution in [0.1, 0.15) is 12.8 Å². The minimum atomic E-state index is 0.292. The Hall–Kier alpha value is -0.340. The van der Waals surface area contributed by atoms with E-state index in [2.05, 4.69) is 17.2 Å². The maximum atomic E-state index is 4.06. The van der Waals surface area contributed by atoms with Crippen LogP contribution in [0.4, 0.5) is 0 Å². The van der Waals surface area contributed by atoms with E-state index in [1.165, 1.54) is 25.0 Å². The molecule has 0 aliphatic carbocycles. The summed E-state index contributed by atoms with van der Waals surface area (Å²) in [6.07, 6.45) is 2.58. The van der Waals surface area contributed by atoms with E-state index in [9.17, 15) is 0 Å². The molecule has 56 valence electrons. The highest BCUT2D eigenvalue weighted by Gasteiger charge is 2.38. The van der Waals surface area contributed by atoms with E-state index < -0.39 is 0 Å². The summed E-state index contributed by atoms with van der Waals surface area (Å²) in [5.74, 6) is 0. The molecule has 0 bridgehead atoms. The Bertz CT molecular complexity index is 151. The third-order valence-corrected chi connectivity index (χ3v) is 2.69. The molecule has 0 aromatic heterocycles. The molecule has 10 heavy (non-hydrogen) atoms. The normalized spacial score (nSPS) is 39.8. The summed E-state index contributed by atoms with van der Waals surface area (Å²) in [6.45, 7) is 7.33. The smallest absolute Gasteiger partial charge is 0.0530 e. The van der Waals surface area contributed by atoms with Crippen LogP contribution in [0.15, 0.2) is 12.2 Å². The quantitative estimate of drug-likeness (QED) is 0.469. The molecule has 1 atom stereocenters. The minimum Gasteiger partial charge on any atom is -0.311 e. The maximum Gasteiger partial charge on any atom is 0.0530 e. The number of hydrogen-bond acceptors (Lipinski definition) is 2. The van der Waals surface area contributed by atoms with Crippen molar-refractivity contribution in [2.75, 3.05) is 19.6 Å². The van der Waals surface area contributed by atoms with Gasteiger partial charge in [-0.2, -0.15) is 0 Å². The molecule has 0 aromatic rings. The van der Waals surface area contributed by atoms with E-state index in [-0.39, 0.29) is 0 Å². The molecule has 2 aliphatic rings. The van der Waals surface area contributed by atoms with Gasteiger partial charge in [0.1, 0.15) is 0 Å². The van der Waals surface area contributed by atoms with Gasteiger partial charge in [-0.15, -0.1) is 0 Å². The van der Waals surface area contributed by atoms with E-state index in [0.29, 0.717) is 5.54 Å². The Morgan fingerprint density at radius 2 is 2.40 bits per heavy atom. The van der Waals surface area contributed by atoms with E-state index in [0.717, 1.165) is 13.1 Å². The summed E-state index contributed by atoms with van der Waals surface area (Å²) in [7, 11) is 0. The van der Waals surface area contributed by atoms with Crippen molar-refractivity contribution in [1.29, 1.82) is 0 Å². The Kier molecular flexibility index (Phi) is 1.32. The molecule has 2 fully saturated rings. The van der Waals surface area contributed by atoms with Crippen molar-refractivity contribution in [2.45, 2.75) is 18.4 Å². The zero-order valence-electron chi connectivity index (χ0n) is 6.24. The van der Waals surface area contributed by atoms with E-state index in [1.54, 1.807) is 0 Å². The monoisotopic (exact) mass is 138 g/mol. The van der Waals surface area contributed by atoms with Gasteiger partial charge in [0.15, 0.2) is 0 Å². The molecule has 1 unspecified atom stereocenters. The SMILES string of the molecule is C=C1CNCC12CCCN2. The zero-order valence-corrected chi connectivity index (χ0v) is 6.24. The molecule has 0 aromatic carbocycles. The van der Waals surface area contributed by atoms with E-state index in [4.69, 9.17) is 0 Å².